The highest BCUT2D eigenvalue weighted by atomic mass is 79.9. The van der Waals surface area contributed by atoms with Crippen LogP contribution in [-0.2, 0) is 16.1 Å². The van der Waals surface area contributed by atoms with E-state index in [1.807, 2.05) is 41.0 Å². The molecule has 3 aromatic rings. The van der Waals surface area contributed by atoms with E-state index in [1.54, 1.807) is 13.1 Å². The van der Waals surface area contributed by atoms with Crippen molar-refractivity contribution in [3.63, 3.8) is 0 Å². The van der Waals surface area contributed by atoms with Gasteiger partial charge in [-0.05, 0) is 28.4 Å². The number of benzene rings is 1. The minimum Gasteiger partial charge on any atom is -0.461 e. The number of halogens is 1. The van der Waals surface area contributed by atoms with Gasteiger partial charge in [0.15, 0.2) is 17.1 Å². The lowest BCUT2D eigenvalue weighted by molar-refractivity contribution is -0.131. The molecule has 0 amide bonds. The van der Waals surface area contributed by atoms with Crippen LogP contribution >= 0.6 is 15.9 Å². The van der Waals surface area contributed by atoms with Gasteiger partial charge in [0, 0.05) is 24.1 Å². The predicted octanol–water partition coefficient (Wildman–Crippen LogP) is 3.82. The number of nitriles is 1. The SMILES string of the molecule is CCOC(=O)c1nc(C#N)c2c(c(Br)cn2Cc2ccccc2)c1OC(C)=O. The highest BCUT2D eigenvalue weighted by Gasteiger charge is 2.27. The largest absolute Gasteiger partial charge is 0.461 e. The van der Waals surface area contributed by atoms with E-state index < -0.39 is 11.9 Å². The minimum atomic E-state index is -0.764. The molecule has 0 radical (unpaired) electrons. The van der Waals surface area contributed by atoms with Crippen molar-refractivity contribution in [2.24, 2.45) is 0 Å². The van der Waals surface area contributed by atoms with Crippen LogP contribution in [-0.4, -0.2) is 28.1 Å². The van der Waals surface area contributed by atoms with Gasteiger partial charge in [-0.15, -0.1) is 0 Å². The average Bonchev–Trinajstić information content (AvgIpc) is 2.99. The molecule has 0 saturated carbocycles. The number of pyridine rings is 1. The second kappa shape index (κ2) is 8.23. The summed E-state index contributed by atoms with van der Waals surface area (Å²) in [6.07, 6.45) is 1.77. The Morgan fingerprint density at radius 2 is 2.00 bits per heavy atom. The van der Waals surface area contributed by atoms with Crippen molar-refractivity contribution < 1.29 is 19.1 Å². The lowest BCUT2D eigenvalue weighted by Gasteiger charge is -2.12. The number of hydrogen-bond donors (Lipinski definition) is 0. The Morgan fingerprint density at radius 3 is 2.61 bits per heavy atom. The first-order chi connectivity index (χ1) is 13.5. The van der Waals surface area contributed by atoms with E-state index in [0.717, 1.165) is 5.56 Å². The molecule has 2 aromatic heterocycles. The Labute approximate surface area is 169 Å². The highest BCUT2D eigenvalue weighted by molar-refractivity contribution is 9.10. The molecule has 7 nitrogen and oxygen atoms in total. The quantitative estimate of drug-likeness (QED) is 0.558. The number of carbonyl (C=O) groups excluding carboxylic acids is 2. The summed E-state index contributed by atoms with van der Waals surface area (Å²) < 4.78 is 12.7. The molecular formula is C20H16BrN3O4. The molecule has 0 aliphatic carbocycles. The summed E-state index contributed by atoms with van der Waals surface area (Å²) in [7, 11) is 0. The molecule has 2 heterocycles. The molecule has 0 N–H and O–H groups in total. The van der Waals surface area contributed by atoms with Crippen molar-refractivity contribution in [3.05, 3.63) is 58.0 Å². The Morgan fingerprint density at radius 1 is 1.29 bits per heavy atom. The Bertz CT molecular complexity index is 1100. The summed E-state index contributed by atoms with van der Waals surface area (Å²) in [6, 6.07) is 11.7. The lowest BCUT2D eigenvalue weighted by Crippen LogP contribution is -2.14. The molecule has 3 rings (SSSR count). The van der Waals surface area contributed by atoms with Crippen LogP contribution in [0.4, 0.5) is 0 Å². The van der Waals surface area contributed by atoms with Gasteiger partial charge in [0.2, 0.25) is 0 Å². The van der Waals surface area contributed by atoms with Crippen LogP contribution in [0.25, 0.3) is 10.9 Å². The number of aromatic nitrogens is 2. The molecule has 1 aromatic carbocycles. The van der Waals surface area contributed by atoms with E-state index in [-0.39, 0.29) is 23.7 Å². The molecule has 0 aliphatic rings. The zero-order valence-corrected chi connectivity index (χ0v) is 16.8. The summed E-state index contributed by atoms with van der Waals surface area (Å²) >= 11 is 3.46. The van der Waals surface area contributed by atoms with Crippen molar-refractivity contribution in [2.45, 2.75) is 20.4 Å². The van der Waals surface area contributed by atoms with E-state index in [0.29, 0.717) is 21.9 Å². The first kappa shape index (κ1) is 19.6. The molecule has 142 valence electrons. The van der Waals surface area contributed by atoms with Gasteiger partial charge in [-0.1, -0.05) is 30.3 Å². The van der Waals surface area contributed by atoms with Crippen molar-refractivity contribution >= 4 is 38.8 Å². The van der Waals surface area contributed by atoms with Gasteiger partial charge in [0.05, 0.1) is 17.5 Å². The predicted molar refractivity (Wildman–Crippen MR) is 105 cm³/mol. The van der Waals surface area contributed by atoms with E-state index in [1.165, 1.54) is 6.92 Å². The van der Waals surface area contributed by atoms with Crippen LogP contribution in [0.2, 0.25) is 0 Å². The van der Waals surface area contributed by atoms with Crippen LogP contribution < -0.4 is 4.74 Å². The van der Waals surface area contributed by atoms with E-state index >= 15 is 0 Å². The fraction of sp³-hybridized carbons (Fsp3) is 0.200. The number of carbonyl (C=O) groups is 2. The van der Waals surface area contributed by atoms with Crippen LogP contribution in [0.5, 0.6) is 5.75 Å². The Balaban J connectivity index is 2.29. The number of nitrogens with zero attached hydrogens (tertiary/aromatic N) is 3. The van der Waals surface area contributed by atoms with Crippen molar-refractivity contribution in [3.8, 4) is 11.8 Å². The fourth-order valence-corrected chi connectivity index (χ4v) is 3.51. The van der Waals surface area contributed by atoms with Gasteiger partial charge in [-0.2, -0.15) is 5.26 Å². The second-order valence-corrected chi connectivity index (χ2v) is 6.73. The normalized spacial score (nSPS) is 10.5. The van der Waals surface area contributed by atoms with Crippen LogP contribution in [0.3, 0.4) is 0 Å². The number of esters is 2. The molecule has 0 spiro atoms. The third-order valence-electron chi connectivity index (χ3n) is 3.94. The van der Waals surface area contributed by atoms with Gasteiger partial charge in [0.25, 0.3) is 0 Å². The highest BCUT2D eigenvalue weighted by Crippen LogP contribution is 2.38. The summed E-state index contributed by atoms with van der Waals surface area (Å²) in [6.45, 7) is 3.47. The fourth-order valence-electron chi connectivity index (χ4n) is 2.89. The van der Waals surface area contributed by atoms with Gasteiger partial charge < -0.3 is 14.0 Å². The number of rotatable bonds is 5. The molecule has 8 heteroatoms. The molecule has 0 bridgehead atoms. The number of hydrogen-bond acceptors (Lipinski definition) is 6. The monoisotopic (exact) mass is 441 g/mol. The van der Waals surface area contributed by atoms with Crippen molar-refractivity contribution in [1.82, 2.24) is 9.55 Å². The number of ether oxygens (including phenoxy) is 2. The maximum absolute atomic E-state index is 12.4. The lowest BCUT2D eigenvalue weighted by atomic mass is 10.1. The number of fused-ring (bicyclic) bond motifs is 1. The molecule has 0 atom stereocenters. The van der Waals surface area contributed by atoms with Gasteiger partial charge in [-0.3, -0.25) is 4.79 Å². The summed E-state index contributed by atoms with van der Waals surface area (Å²) in [4.78, 5) is 28.2. The van der Waals surface area contributed by atoms with Gasteiger partial charge >= 0.3 is 11.9 Å². The summed E-state index contributed by atoms with van der Waals surface area (Å²) in [5.74, 6) is -1.40. The van der Waals surface area contributed by atoms with Gasteiger partial charge in [-0.25, -0.2) is 9.78 Å². The van der Waals surface area contributed by atoms with Gasteiger partial charge in [0.1, 0.15) is 6.07 Å². The minimum absolute atomic E-state index is 0.0290. The first-order valence-corrected chi connectivity index (χ1v) is 9.27. The molecule has 0 saturated heterocycles. The Kier molecular flexibility index (Phi) is 5.76. The van der Waals surface area contributed by atoms with Crippen LogP contribution in [0, 0.1) is 11.3 Å². The van der Waals surface area contributed by atoms with E-state index in [9.17, 15) is 14.9 Å². The molecule has 28 heavy (non-hydrogen) atoms. The maximum Gasteiger partial charge on any atom is 0.360 e. The molecule has 0 aliphatic heterocycles. The topological polar surface area (TPSA) is 94.2 Å². The van der Waals surface area contributed by atoms with E-state index in [2.05, 4.69) is 20.9 Å². The van der Waals surface area contributed by atoms with Crippen LogP contribution in [0.15, 0.2) is 41.0 Å². The third kappa shape index (κ3) is 3.75. The van der Waals surface area contributed by atoms with Crippen molar-refractivity contribution in [2.75, 3.05) is 6.61 Å². The summed E-state index contributed by atoms with van der Waals surface area (Å²) in [5.41, 5.74) is 1.30. The maximum atomic E-state index is 12.4. The smallest absolute Gasteiger partial charge is 0.360 e. The average molecular weight is 442 g/mol. The summed E-state index contributed by atoms with van der Waals surface area (Å²) in [5, 5.41) is 10.1. The van der Waals surface area contributed by atoms with Crippen molar-refractivity contribution in [1.29, 1.82) is 5.26 Å². The van der Waals surface area contributed by atoms with E-state index in [4.69, 9.17) is 9.47 Å². The third-order valence-corrected chi connectivity index (χ3v) is 4.54. The molecule has 0 fully saturated rings. The zero-order valence-electron chi connectivity index (χ0n) is 15.2. The second-order valence-electron chi connectivity index (χ2n) is 5.88. The molecule has 0 unspecified atom stereocenters. The Hall–Kier alpha value is -3.18. The van der Waals surface area contributed by atoms with Crippen LogP contribution in [0.1, 0.15) is 35.6 Å². The zero-order chi connectivity index (χ0) is 20.3. The standard InChI is InChI=1S/C20H16BrN3O4/c1-3-27-20(26)17-19(28-12(2)25)16-14(21)11-24(18(16)15(9-22)23-17)10-13-7-5-4-6-8-13/h4-8,11H,3,10H2,1-2H3. The first-order valence-electron chi connectivity index (χ1n) is 8.48. The molecular weight excluding hydrogens is 426 g/mol.